The molecule has 0 unspecified atom stereocenters. The van der Waals surface area contributed by atoms with Crippen LogP contribution in [0.1, 0.15) is 17.3 Å². The number of hydrogen-bond donors (Lipinski definition) is 0. The normalized spacial score (nSPS) is 10.9. The molecule has 2 aromatic carbocycles. The summed E-state index contributed by atoms with van der Waals surface area (Å²) in [6.07, 6.45) is 0. The maximum Gasteiger partial charge on any atom is 0.160 e. The molecule has 0 amide bonds. The number of Topliss-reactive ketones (excluding diaryl/α,β-unsaturated/α-hetero) is 1. The first-order chi connectivity index (χ1) is 10.5. The Hall–Kier alpha value is -1.97. The van der Waals surface area contributed by atoms with Gasteiger partial charge >= 0.3 is 0 Å². The molecule has 0 N–H and O–H groups in total. The predicted molar refractivity (Wildman–Crippen MR) is 87.2 cm³/mol. The number of rotatable bonds is 2. The number of carbonyl (C=O) groups is 1. The Morgan fingerprint density at radius 3 is 2.41 bits per heavy atom. The molecule has 0 aliphatic carbocycles. The number of aromatic nitrogens is 1. The quantitative estimate of drug-likeness (QED) is 0.575. The molecule has 0 aliphatic rings. The summed E-state index contributed by atoms with van der Waals surface area (Å²) in [6, 6.07) is 10.8. The van der Waals surface area contributed by atoms with Gasteiger partial charge in [0.15, 0.2) is 5.78 Å². The smallest absolute Gasteiger partial charge is 0.160 e. The summed E-state index contributed by atoms with van der Waals surface area (Å²) in [6.45, 7) is 1.47. The van der Waals surface area contributed by atoms with E-state index in [0.29, 0.717) is 37.8 Å². The zero-order chi connectivity index (χ0) is 15.9. The maximum atomic E-state index is 13.1. The highest BCUT2D eigenvalue weighted by atomic mass is 35.5. The van der Waals surface area contributed by atoms with Crippen molar-refractivity contribution in [2.45, 2.75) is 6.92 Å². The van der Waals surface area contributed by atoms with E-state index in [4.69, 9.17) is 23.2 Å². The van der Waals surface area contributed by atoms with Crippen LogP contribution in [0.4, 0.5) is 4.39 Å². The molecule has 0 saturated heterocycles. The fourth-order valence-corrected chi connectivity index (χ4v) is 2.85. The highest BCUT2D eigenvalue weighted by Crippen LogP contribution is 2.32. The first kappa shape index (κ1) is 14.9. The topological polar surface area (TPSA) is 30.0 Å². The van der Waals surface area contributed by atoms with Gasteiger partial charge in [-0.3, -0.25) is 4.79 Å². The van der Waals surface area contributed by atoms with Gasteiger partial charge in [0.25, 0.3) is 0 Å². The van der Waals surface area contributed by atoms with E-state index in [1.165, 1.54) is 19.1 Å². The fourth-order valence-electron chi connectivity index (χ4n) is 2.31. The number of nitrogens with zero attached hydrogens (tertiary/aromatic N) is 1. The number of hydrogen-bond acceptors (Lipinski definition) is 2. The Bertz CT molecular complexity index is 891. The van der Waals surface area contributed by atoms with E-state index in [-0.39, 0.29) is 11.6 Å². The van der Waals surface area contributed by atoms with Crippen molar-refractivity contribution in [1.82, 2.24) is 4.98 Å². The third-order valence-corrected chi connectivity index (χ3v) is 3.86. The predicted octanol–water partition coefficient (Wildman–Crippen LogP) is 5.55. The molecule has 3 aromatic rings. The molecular weight excluding hydrogens is 324 g/mol. The Morgan fingerprint density at radius 1 is 1.09 bits per heavy atom. The summed E-state index contributed by atoms with van der Waals surface area (Å²) in [7, 11) is 0. The largest absolute Gasteiger partial charge is 0.294 e. The standard InChI is InChI=1S/C17H10Cl2FNO/c1-9(22)13-8-16(10-2-4-12(20)5-3-10)21-17-14(13)6-11(18)7-15(17)19/h2-8H,1H3. The summed E-state index contributed by atoms with van der Waals surface area (Å²) in [4.78, 5) is 16.4. The molecule has 0 radical (unpaired) electrons. The second-order valence-corrected chi connectivity index (χ2v) is 5.75. The molecule has 0 fully saturated rings. The van der Waals surface area contributed by atoms with Crippen LogP contribution in [-0.2, 0) is 0 Å². The Kier molecular flexibility index (Phi) is 3.85. The number of benzene rings is 2. The molecule has 0 spiro atoms. The average molecular weight is 334 g/mol. The van der Waals surface area contributed by atoms with E-state index in [9.17, 15) is 9.18 Å². The molecule has 3 rings (SSSR count). The van der Waals surface area contributed by atoms with Crippen molar-refractivity contribution < 1.29 is 9.18 Å². The molecule has 0 bridgehead atoms. The van der Waals surface area contributed by atoms with Crippen LogP contribution in [0.3, 0.4) is 0 Å². The molecular formula is C17H10Cl2FNO. The Morgan fingerprint density at radius 2 is 1.77 bits per heavy atom. The zero-order valence-electron chi connectivity index (χ0n) is 11.5. The molecule has 1 aromatic heterocycles. The van der Waals surface area contributed by atoms with Crippen LogP contribution in [0.2, 0.25) is 10.0 Å². The van der Waals surface area contributed by atoms with Gasteiger partial charge in [-0.25, -0.2) is 9.37 Å². The summed E-state index contributed by atoms with van der Waals surface area (Å²) >= 11 is 12.2. The summed E-state index contributed by atoms with van der Waals surface area (Å²) < 4.78 is 13.1. The van der Waals surface area contributed by atoms with Gasteiger partial charge in [-0.05, 0) is 49.4 Å². The SMILES string of the molecule is CC(=O)c1cc(-c2ccc(F)cc2)nc2c(Cl)cc(Cl)cc12. The molecule has 2 nitrogen and oxygen atoms in total. The van der Waals surface area contributed by atoms with E-state index in [1.54, 1.807) is 30.3 Å². The van der Waals surface area contributed by atoms with Crippen molar-refractivity contribution >= 4 is 39.9 Å². The molecule has 0 saturated carbocycles. The van der Waals surface area contributed by atoms with E-state index in [2.05, 4.69) is 4.98 Å². The molecule has 1 heterocycles. The van der Waals surface area contributed by atoms with Gasteiger partial charge < -0.3 is 0 Å². The van der Waals surface area contributed by atoms with Gasteiger partial charge in [-0.15, -0.1) is 0 Å². The third-order valence-electron chi connectivity index (χ3n) is 3.35. The number of fused-ring (bicyclic) bond motifs is 1. The molecule has 22 heavy (non-hydrogen) atoms. The molecule has 0 aliphatic heterocycles. The van der Waals surface area contributed by atoms with E-state index in [1.807, 2.05) is 0 Å². The summed E-state index contributed by atoms with van der Waals surface area (Å²) in [5, 5.41) is 1.42. The van der Waals surface area contributed by atoms with Crippen LogP contribution >= 0.6 is 23.2 Å². The van der Waals surface area contributed by atoms with Crippen LogP contribution in [-0.4, -0.2) is 10.8 Å². The lowest BCUT2D eigenvalue weighted by Gasteiger charge is -2.09. The van der Waals surface area contributed by atoms with Crippen molar-refractivity contribution in [3.05, 3.63) is 63.9 Å². The average Bonchev–Trinajstić information content (AvgIpc) is 2.47. The number of pyridine rings is 1. The minimum absolute atomic E-state index is 0.117. The fraction of sp³-hybridized carbons (Fsp3) is 0.0588. The highest BCUT2D eigenvalue weighted by molar-refractivity contribution is 6.38. The minimum Gasteiger partial charge on any atom is -0.294 e. The monoisotopic (exact) mass is 333 g/mol. The van der Waals surface area contributed by atoms with Crippen molar-refractivity contribution in [3.63, 3.8) is 0 Å². The van der Waals surface area contributed by atoms with Gasteiger partial charge in [0, 0.05) is 21.5 Å². The van der Waals surface area contributed by atoms with Crippen LogP contribution in [0.25, 0.3) is 22.2 Å². The van der Waals surface area contributed by atoms with Crippen molar-refractivity contribution in [1.29, 1.82) is 0 Å². The van der Waals surface area contributed by atoms with Crippen LogP contribution in [0.15, 0.2) is 42.5 Å². The lowest BCUT2D eigenvalue weighted by molar-refractivity contribution is 0.101. The van der Waals surface area contributed by atoms with Crippen LogP contribution in [0.5, 0.6) is 0 Å². The number of halogens is 3. The van der Waals surface area contributed by atoms with Gasteiger partial charge in [0.2, 0.25) is 0 Å². The van der Waals surface area contributed by atoms with Crippen molar-refractivity contribution in [2.24, 2.45) is 0 Å². The van der Waals surface area contributed by atoms with Crippen LogP contribution < -0.4 is 0 Å². The number of carbonyl (C=O) groups excluding carboxylic acids is 1. The van der Waals surface area contributed by atoms with Crippen molar-refractivity contribution in [3.8, 4) is 11.3 Å². The van der Waals surface area contributed by atoms with Gasteiger partial charge in [0.1, 0.15) is 5.82 Å². The Balaban J connectivity index is 2.34. The number of ketones is 1. The first-order valence-corrected chi connectivity index (χ1v) is 7.28. The lowest BCUT2D eigenvalue weighted by atomic mass is 10.0. The zero-order valence-corrected chi connectivity index (χ0v) is 13.0. The summed E-state index contributed by atoms with van der Waals surface area (Å²) in [5.74, 6) is -0.449. The Labute approximate surface area is 136 Å². The van der Waals surface area contributed by atoms with Gasteiger partial charge in [-0.2, -0.15) is 0 Å². The van der Waals surface area contributed by atoms with E-state index in [0.717, 1.165) is 0 Å². The summed E-state index contributed by atoms with van der Waals surface area (Å²) in [5.41, 5.74) is 2.24. The van der Waals surface area contributed by atoms with Gasteiger partial charge in [0.05, 0.1) is 16.2 Å². The highest BCUT2D eigenvalue weighted by Gasteiger charge is 2.14. The first-order valence-electron chi connectivity index (χ1n) is 6.52. The van der Waals surface area contributed by atoms with Crippen molar-refractivity contribution in [2.75, 3.05) is 0 Å². The van der Waals surface area contributed by atoms with E-state index < -0.39 is 0 Å². The second-order valence-electron chi connectivity index (χ2n) is 4.90. The van der Waals surface area contributed by atoms with E-state index >= 15 is 0 Å². The van der Waals surface area contributed by atoms with Crippen LogP contribution in [0, 0.1) is 5.82 Å². The molecule has 0 atom stereocenters. The second kappa shape index (κ2) is 5.67. The minimum atomic E-state index is -0.332. The van der Waals surface area contributed by atoms with Gasteiger partial charge in [-0.1, -0.05) is 23.2 Å². The maximum absolute atomic E-state index is 13.1. The lowest BCUT2D eigenvalue weighted by Crippen LogP contribution is -1.98. The third kappa shape index (κ3) is 2.70. The molecule has 5 heteroatoms. The molecule has 110 valence electrons.